The summed E-state index contributed by atoms with van der Waals surface area (Å²) in [6.45, 7) is 0. The third kappa shape index (κ3) is 2.76. The monoisotopic (exact) mass is 343 g/mol. The Labute approximate surface area is 129 Å². The van der Waals surface area contributed by atoms with Gasteiger partial charge in [-0.05, 0) is 17.7 Å². The molecule has 1 aliphatic rings. The summed E-state index contributed by atoms with van der Waals surface area (Å²) in [5.74, 6) is -0.176. The second kappa shape index (κ2) is 5.77. The summed E-state index contributed by atoms with van der Waals surface area (Å²) in [6.07, 6.45) is 1.87. The van der Waals surface area contributed by atoms with Crippen molar-refractivity contribution < 1.29 is 4.79 Å². The van der Waals surface area contributed by atoms with Crippen LogP contribution in [0.2, 0.25) is 0 Å². The summed E-state index contributed by atoms with van der Waals surface area (Å²) in [4.78, 5) is 16.8. The smallest absolute Gasteiger partial charge is 0.266 e. The van der Waals surface area contributed by atoms with E-state index in [0.29, 0.717) is 4.91 Å². The summed E-state index contributed by atoms with van der Waals surface area (Å²) in [5.41, 5.74) is 1.95. The Morgan fingerprint density at radius 1 is 1.00 bits per heavy atom. The predicted molar refractivity (Wildman–Crippen MR) is 87.7 cm³/mol. The molecule has 20 heavy (non-hydrogen) atoms. The highest BCUT2D eigenvalue weighted by atomic mass is 79.9. The van der Waals surface area contributed by atoms with E-state index in [-0.39, 0.29) is 5.91 Å². The lowest BCUT2D eigenvalue weighted by Gasteiger charge is -2.00. The average molecular weight is 344 g/mol. The van der Waals surface area contributed by atoms with Crippen molar-refractivity contribution in [2.75, 3.05) is 0 Å². The minimum atomic E-state index is -0.176. The van der Waals surface area contributed by atoms with Crippen molar-refractivity contribution in [1.82, 2.24) is 0 Å². The molecular formula is C16H10BrNOS. The van der Waals surface area contributed by atoms with Crippen LogP contribution in [0.3, 0.4) is 0 Å². The van der Waals surface area contributed by atoms with Crippen LogP contribution in [0.25, 0.3) is 6.08 Å². The Balaban J connectivity index is 1.90. The van der Waals surface area contributed by atoms with Gasteiger partial charge in [0.1, 0.15) is 5.04 Å². The van der Waals surface area contributed by atoms with Gasteiger partial charge in [0.05, 0.1) is 4.91 Å². The van der Waals surface area contributed by atoms with E-state index in [1.807, 2.05) is 60.7 Å². The fourth-order valence-corrected chi connectivity index (χ4v) is 3.16. The summed E-state index contributed by atoms with van der Waals surface area (Å²) in [7, 11) is 0. The van der Waals surface area contributed by atoms with Gasteiger partial charge in [0.2, 0.25) is 0 Å². The molecule has 1 aliphatic heterocycles. The molecule has 2 aromatic rings. The van der Waals surface area contributed by atoms with Gasteiger partial charge in [0.15, 0.2) is 0 Å². The lowest BCUT2D eigenvalue weighted by molar-refractivity contribution is -0.113. The molecule has 2 aromatic carbocycles. The molecule has 0 radical (unpaired) electrons. The number of aliphatic imine (C=N–C) groups is 1. The minimum absolute atomic E-state index is 0.176. The summed E-state index contributed by atoms with van der Waals surface area (Å²) < 4.78 is 0.967. The Kier molecular flexibility index (Phi) is 3.85. The van der Waals surface area contributed by atoms with Gasteiger partial charge >= 0.3 is 0 Å². The van der Waals surface area contributed by atoms with Crippen LogP contribution in [0.1, 0.15) is 11.1 Å². The van der Waals surface area contributed by atoms with E-state index in [9.17, 15) is 4.79 Å². The van der Waals surface area contributed by atoms with Gasteiger partial charge in [0, 0.05) is 10.0 Å². The molecule has 0 aliphatic carbocycles. The van der Waals surface area contributed by atoms with E-state index in [1.165, 1.54) is 11.8 Å². The Bertz CT molecular complexity index is 722. The normalized spacial score (nSPS) is 16.6. The second-order valence-corrected chi connectivity index (χ2v) is 6.11. The maximum atomic E-state index is 12.0. The largest absolute Gasteiger partial charge is 0.284 e. The first-order valence-electron chi connectivity index (χ1n) is 6.06. The fraction of sp³-hybridized carbons (Fsp3) is 0. The maximum Gasteiger partial charge on any atom is 0.284 e. The number of carbonyl (C=O) groups excluding carboxylic acids is 1. The van der Waals surface area contributed by atoms with Crippen molar-refractivity contribution in [2.24, 2.45) is 4.99 Å². The third-order valence-corrected chi connectivity index (χ3v) is 4.59. The summed E-state index contributed by atoms with van der Waals surface area (Å²) >= 11 is 4.90. The van der Waals surface area contributed by atoms with Gasteiger partial charge in [-0.15, -0.1) is 0 Å². The number of nitrogens with zero attached hydrogens (tertiary/aromatic N) is 1. The standard InChI is InChI=1S/C16H10BrNOS/c17-13-9-5-4-8-12(13)10-14-15(19)18-16(20-14)11-6-2-1-3-7-11/h1-10H. The molecule has 0 aromatic heterocycles. The maximum absolute atomic E-state index is 12.0. The molecule has 0 saturated heterocycles. The van der Waals surface area contributed by atoms with E-state index in [4.69, 9.17) is 0 Å². The van der Waals surface area contributed by atoms with Gasteiger partial charge in [-0.2, -0.15) is 0 Å². The predicted octanol–water partition coefficient (Wildman–Crippen LogP) is 4.51. The van der Waals surface area contributed by atoms with E-state index < -0.39 is 0 Å². The molecule has 1 heterocycles. The molecule has 3 rings (SSSR count). The number of thioether (sulfide) groups is 1. The molecule has 0 spiro atoms. The Hall–Kier alpha value is -1.65. The first kappa shape index (κ1) is 13.3. The van der Waals surface area contributed by atoms with E-state index in [0.717, 1.165) is 20.6 Å². The van der Waals surface area contributed by atoms with Crippen LogP contribution in [0.4, 0.5) is 0 Å². The number of rotatable bonds is 2. The van der Waals surface area contributed by atoms with Crippen molar-refractivity contribution in [2.45, 2.75) is 0 Å². The molecule has 0 bridgehead atoms. The van der Waals surface area contributed by atoms with Crippen molar-refractivity contribution in [3.05, 3.63) is 75.1 Å². The highest BCUT2D eigenvalue weighted by molar-refractivity contribution is 9.10. The zero-order valence-electron chi connectivity index (χ0n) is 10.4. The van der Waals surface area contributed by atoms with Crippen molar-refractivity contribution in [3.8, 4) is 0 Å². The molecule has 0 atom stereocenters. The van der Waals surface area contributed by atoms with Gasteiger partial charge in [-0.1, -0.05) is 76.2 Å². The van der Waals surface area contributed by atoms with E-state index in [2.05, 4.69) is 20.9 Å². The van der Waals surface area contributed by atoms with Crippen molar-refractivity contribution >= 4 is 44.7 Å². The van der Waals surface area contributed by atoms with E-state index in [1.54, 1.807) is 0 Å². The lowest BCUT2D eigenvalue weighted by Crippen LogP contribution is -1.89. The summed E-state index contributed by atoms with van der Waals surface area (Å²) in [5, 5.41) is 0.758. The van der Waals surface area contributed by atoms with Crippen LogP contribution < -0.4 is 0 Å². The fourth-order valence-electron chi connectivity index (χ4n) is 1.85. The van der Waals surface area contributed by atoms with Crippen LogP contribution >= 0.6 is 27.7 Å². The van der Waals surface area contributed by atoms with Crippen LogP contribution in [0.15, 0.2) is 69.0 Å². The molecule has 98 valence electrons. The topological polar surface area (TPSA) is 29.4 Å². The quantitative estimate of drug-likeness (QED) is 0.750. The lowest BCUT2D eigenvalue weighted by atomic mass is 10.2. The Morgan fingerprint density at radius 3 is 2.45 bits per heavy atom. The zero-order valence-corrected chi connectivity index (χ0v) is 12.8. The average Bonchev–Trinajstić information content (AvgIpc) is 2.84. The first-order chi connectivity index (χ1) is 9.74. The first-order valence-corrected chi connectivity index (χ1v) is 7.67. The number of halogens is 1. The van der Waals surface area contributed by atoms with Gasteiger partial charge in [-0.3, -0.25) is 4.79 Å². The van der Waals surface area contributed by atoms with Crippen LogP contribution in [0, 0.1) is 0 Å². The highest BCUT2D eigenvalue weighted by Gasteiger charge is 2.22. The van der Waals surface area contributed by atoms with Crippen LogP contribution in [-0.2, 0) is 4.79 Å². The number of carbonyl (C=O) groups is 1. The second-order valence-electron chi connectivity index (χ2n) is 4.22. The minimum Gasteiger partial charge on any atom is -0.266 e. The highest BCUT2D eigenvalue weighted by Crippen LogP contribution is 2.32. The molecule has 1 amide bonds. The van der Waals surface area contributed by atoms with Gasteiger partial charge in [-0.25, -0.2) is 4.99 Å². The molecule has 0 saturated carbocycles. The summed E-state index contributed by atoms with van der Waals surface area (Å²) in [6, 6.07) is 17.6. The molecular weight excluding hydrogens is 334 g/mol. The molecule has 0 N–H and O–H groups in total. The molecule has 4 heteroatoms. The zero-order chi connectivity index (χ0) is 13.9. The number of amides is 1. The third-order valence-electron chi connectivity index (χ3n) is 2.83. The molecule has 0 fully saturated rings. The van der Waals surface area contributed by atoms with Crippen LogP contribution in [0.5, 0.6) is 0 Å². The number of hydrogen-bond donors (Lipinski definition) is 0. The van der Waals surface area contributed by atoms with Gasteiger partial charge in [0.25, 0.3) is 5.91 Å². The van der Waals surface area contributed by atoms with Crippen molar-refractivity contribution in [3.63, 3.8) is 0 Å². The van der Waals surface area contributed by atoms with Gasteiger partial charge < -0.3 is 0 Å². The Morgan fingerprint density at radius 2 is 1.70 bits per heavy atom. The molecule has 2 nitrogen and oxygen atoms in total. The number of hydrogen-bond acceptors (Lipinski definition) is 2. The molecule has 0 unspecified atom stereocenters. The van der Waals surface area contributed by atoms with E-state index >= 15 is 0 Å². The SMILES string of the molecule is O=C1N=C(c2ccccc2)SC1=Cc1ccccc1Br. The number of benzene rings is 2. The van der Waals surface area contributed by atoms with Crippen molar-refractivity contribution in [1.29, 1.82) is 0 Å². The van der Waals surface area contributed by atoms with Crippen LogP contribution in [-0.4, -0.2) is 11.0 Å².